The summed E-state index contributed by atoms with van der Waals surface area (Å²) in [7, 11) is 0. The zero-order chi connectivity index (χ0) is 9.64. The van der Waals surface area contributed by atoms with E-state index in [1.165, 1.54) is 6.42 Å². The minimum absolute atomic E-state index is 0.0261. The Morgan fingerprint density at radius 3 is 2.38 bits per heavy atom. The van der Waals surface area contributed by atoms with Gasteiger partial charge in [0.1, 0.15) is 0 Å². The van der Waals surface area contributed by atoms with Crippen LogP contribution in [0.4, 0.5) is 0 Å². The van der Waals surface area contributed by atoms with E-state index in [0.29, 0.717) is 17.9 Å². The van der Waals surface area contributed by atoms with Crippen molar-refractivity contribution in [2.24, 2.45) is 11.3 Å². The molecule has 1 aliphatic carbocycles. The smallest absolute Gasteiger partial charge is 0.228 e. The second-order valence-corrected chi connectivity index (χ2v) is 5.21. The lowest BCUT2D eigenvalue weighted by molar-refractivity contribution is -0.137. The maximum atomic E-state index is 12.0. The van der Waals surface area contributed by atoms with E-state index in [-0.39, 0.29) is 5.41 Å². The van der Waals surface area contributed by atoms with Gasteiger partial charge in [0, 0.05) is 18.0 Å². The summed E-state index contributed by atoms with van der Waals surface area (Å²) in [4.78, 5) is 14.1. The average Bonchev–Trinajstić information content (AvgIpc) is 2.71. The first-order valence-corrected chi connectivity index (χ1v) is 5.34. The molecule has 0 bridgehead atoms. The topological polar surface area (TPSA) is 20.3 Å². The minimum atomic E-state index is 0.0261. The molecule has 1 heterocycles. The molecule has 0 N–H and O–H groups in total. The van der Waals surface area contributed by atoms with Gasteiger partial charge in [0.25, 0.3) is 0 Å². The Balaban J connectivity index is 2.04. The third kappa shape index (κ3) is 1.47. The molecule has 2 rings (SSSR count). The van der Waals surface area contributed by atoms with Crippen LogP contribution in [0.5, 0.6) is 0 Å². The number of carbonyl (C=O) groups excluding carboxylic acids is 1. The van der Waals surface area contributed by atoms with Gasteiger partial charge in [0.05, 0.1) is 0 Å². The van der Waals surface area contributed by atoms with Crippen molar-refractivity contribution in [3.05, 3.63) is 0 Å². The van der Waals surface area contributed by atoms with Gasteiger partial charge >= 0.3 is 0 Å². The highest BCUT2D eigenvalue weighted by molar-refractivity contribution is 5.85. The molecule has 1 saturated heterocycles. The molecule has 0 aromatic heterocycles. The van der Waals surface area contributed by atoms with Crippen molar-refractivity contribution in [1.29, 1.82) is 0 Å². The normalized spacial score (nSPS) is 36.4. The number of hydrogen-bond acceptors (Lipinski definition) is 1. The summed E-state index contributed by atoms with van der Waals surface area (Å²) in [5.74, 6) is 1.10. The van der Waals surface area contributed by atoms with Gasteiger partial charge in [-0.2, -0.15) is 0 Å². The quantitative estimate of drug-likeness (QED) is 0.606. The molecule has 0 aromatic carbocycles. The van der Waals surface area contributed by atoms with Crippen LogP contribution < -0.4 is 0 Å². The van der Waals surface area contributed by atoms with Gasteiger partial charge < -0.3 is 4.90 Å². The summed E-state index contributed by atoms with van der Waals surface area (Å²) in [6, 6.07) is 0.472. The Hall–Kier alpha value is -0.530. The number of rotatable bonds is 1. The maximum Gasteiger partial charge on any atom is 0.228 e. The van der Waals surface area contributed by atoms with Crippen LogP contribution in [0.1, 0.15) is 40.0 Å². The molecule has 1 aliphatic heterocycles. The fourth-order valence-corrected chi connectivity index (χ4v) is 2.33. The highest BCUT2D eigenvalue weighted by atomic mass is 16.2. The molecule has 0 radical (unpaired) electrons. The standard InChI is InChI=1S/C11H19NO/c1-8-6-9(2)12(7-8)10(13)11(3)4-5-11/h8-9H,4-7H2,1-3H3. The average molecular weight is 181 g/mol. The lowest BCUT2D eigenvalue weighted by Gasteiger charge is -2.24. The van der Waals surface area contributed by atoms with E-state index in [0.717, 1.165) is 19.4 Å². The fourth-order valence-electron chi connectivity index (χ4n) is 2.33. The molecule has 2 nitrogen and oxygen atoms in total. The van der Waals surface area contributed by atoms with Gasteiger partial charge in [-0.05, 0) is 32.1 Å². The number of amides is 1. The summed E-state index contributed by atoms with van der Waals surface area (Å²) in [6.07, 6.45) is 3.38. The summed E-state index contributed by atoms with van der Waals surface area (Å²) >= 11 is 0. The zero-order valence-corrected chi connectivity index (χ0v) is 8.84. The second-order valence-electron chi connectivity index (χ2n) is 5.21. The van der Waals surface area contributed by atoms with Crippen LogP contribution >= 0.6 is 0 Å². The molecule has 2 fully saturated rings. The van der Waals surface area contributed by atoms with E-state index < -0.39 is 0 Å². The monoisotopic (exact) mass is 181 g/mol. The Labute approximate surface area is 80.3 Å². The van der Waals surface area contributed by atoms with Gasteiger partial charge in [0.15, 0.2) is 0 Å². The third-order valence-electron chi connectivity index (χ3n) is 3.56. The van der Waals surface area contributed by atoms with Crippen LogP contribution in [-0.2, 0) is 4.79 Å². The second kappa shape index (κ2) is 2.73. The number of hydrogen-bond donors (Lipinski definition) is 0. The van der Waals surface area contributed by atoms with Gasteiger partial charge in [-0.3, -0.25) is 4.79 Å². The molecular weight excluding hydrogens is 162 g/mol. The van der Waals surface area contributed by atoms with Crippen molar-refractivity contribution in [2.45, 2.75) is 46.1 Å². The highest BCUT2D eigenvalue weighted by Gasteiger charge is 2.49. The number of likely N-dealkylation sites (tertiary alicyclic amines) is 1. The Morgan fingerprint density at radius 1 is 1.38 bits per heavy atom. The van der Waals surface area contributed by atoms with E-state index in [1.807, 2.05) is 0 Å². The maximum absolute atomic E-state index is 12.0. The van der Waals surface area contributed by atoms with E-state index in [4.69, 9.17) is 0 Å². The molecule has 2 unspecified atom stereocenters. The molecule has 0 aromatic rings. The van der Waals surface area contributed by atoms with Gasteiger partial charge in [0.2, 0.25) is 5.91 Å². The number of nitrogens with zero attached hydrogens (tertiary/aromatic N) is 1. The van der Waals surface area contributed by atoms with Crippen molar-refractivity contribution < 1.29 is 4.79 Å². The van der Waals surface area contributed by atoms with E-state index in [1.54, 1.807) is 0 Å². The largest absolute Gasteiger partial charge is 0.339 e. The summed E-state index contributed by atoms with van der Waals surface area (Å²) in [5, 5.41) is 0. The fraction of sp³-hybridized carbons (Fsp3) is 0.909. The minimum Gasteiger partial charge on any atom is -0.339 e. The van der Waals surface area contributed by atoms with Crippen LogP contribution in [0, 0.1) is 11.3 Å². The summed E-state index contributed by atoms with van der Waals surface area (Å²) < 4.78 is 0. The van der Waals surface area contributed by atoms with Crippen molar-refractivity contribution in [1.82, 2.24) is 4.90 Å². The molecule has 74 valence electrons. The van der Waals surface area contributed by atoms with E-state index in [2.05, 4.69) is 25.7 Å². The Morgan fingerprint density at radius 2 is 2.00 bits per heavy atom. The predicted octanol–water partition coefficient (Wildman–Crippen LogP) is 2.04. The molecule has 2 aliphatic rings. The molecule has 1 saturated carbocycles. The predicted molar refractivity (Wildman–Crippen MR) is 52.3 cm³/mol. The highest BCUT2D eigenvalue weighted by Crippen LogP contribution is 2.47. The molecule has 13 heavy (non-hydrogen) atoms. The Bertz CT molecular complexity index is 232. The lowest BCUT2D eigenvalue weighted by atomic mass is 10.1. The van der Waals surface area contributed by atoms with Crippen molar-refractivity contribution in [3.63, 3.8) is 0 Å². The SMILES string of the molecule is CC1CC(C)N(C(=O)C2(C)CC2)C1. The third-order valence-corrected chi connectivity index (χ3v) is 3.56. The van der Waals surface area contributed by atoms with E-state index >= 15 is 0 Å². The van der Waals surface area contributed by atoms with Crippen molar-refractivity contribution in [3.8, 4) is 0 Å². The van der Waals surface area contributed by atoms with Crippen LogP contribution in [0.25, 0.3) is 0 Å². The molecule has 2 atom stereocenters. The van der Waals surface area contributed by atoms with Crippen LogP contribution in [-0.4, -0.2) is 23.4 Å². The first kappa shape index (κ1) is 9.04. The van der Waals surface area contributed by atoms with Gasteiger partial charge in [-0.25, -0.2) is 0 Å². The van der Waals surface area contributed by atoms with Gasteiger partial charge in [-0.1, -0.05) is 13.8 Å². The number of carbonyl (C=O) groups is 1. The first-order valence-electron chi connectivity index (χ1n) is 5.34. The molecular formula is C11H19NO. The van der Waals surface area contributed by atoms with Crippen LogP contribution in [0.3, 0.4) is 0 Å². The van der Waals surface area contributed by atoms with Crippen molar-refractivity contribution >= 4 is 5.91 Å². The molecule has 2 heteroatoms. The van der Waals surface area contributed by atoms with Crippen molar-refractivity contribution in [2.75, 3.05) is 6.54 Å². The lowest BCUT2D eigenvalue weighted by Crippen LogP contribution is -2.38. The Kier molecular flexibility index (Phi) is 1.90. The first-order chi connectivity index (χ1) is 6.03. The molecule has 0 spiro atoms. The molecule has 1 amide bonds. The summed E-state index contributed by atoms with van der Waals surface area (Å²) in [5.41, 5.74) is 0.0261. The van der Waals surface area contributed by atoms with Crippen LogP contribution in [0.2, 0.25) is 0 Å². The van der Waals surface area contributed by atoms with E-state index in [9.17, 15) is 4.79 Å². The summed E-state index contributed by atoms with van der Waals surface area (Å²) in [6.45, 7) is 7.49. The van der Waals surface area contributed by atoms with Gasteiger partial charge in [-0.15, -0.1) is 0 Å². The van der Waals surface area contributed by atoms with Crippen LogP contribution in [0.15, 0.2) is 0 Å². The zero-order valence-electron chi connectivity index (χ0n) is 8.84.